The number of aliphatic imine (C=N–C) groups is 1. The van der Waals surface area contributed by atoms with E-state index in [1.807, 2.05) is 6.92 Å². The van der Waals surface area contributed by atoms with E-state index in [0.717, 1.165) is 18.2 Å². The molecule has 0 amide bonds. The Morgan fingerprint density at radius 3 is 2.64 bits per heavy atom. The van der Waals surface area contributed by atoms with Gasteiger partial charge in [-0.05, 0) is 39.0 Å². The summed E-state index contributed by atoms with van der Waals surface area (Å²) < 4.78 is 44.2. The molecule has 0 radical (unpaired) electrons. The van der Waals surface area contributed by atoms with Crippen molar-refractivity contribution in [1.29, 1.82) is 0 Å². The predicted molar refractivity (Wildman–Crippen MR) is 75.9 cm³/mol. The maximum absolute atomic E-state index is 13.0. The first-order valence-corrected chi connectivity index (χ1v) is 6.94. The molecule has 2 aliphatic heterocycles. The molecule has 3 rings (SSSR count). The molecule has 1 aromatic heterocycles. The highest BCUT2D eigenvalue weighted by Crippen LogP contribution is 2.34. The molecule has 7 heteroatoms. The van der Waals surface area contributed by atoms with Gasteiger partial charge in [-0.15, -0.1) is 0 Å². The second-order valence-electron chi connectivity index (χ2n) is 5.39. The van der Waals surface area contributed by atoms with E-state index >= 15 is 0 Å². The molecular formula is C15H16F3N3O. The Morgan fingerprint density at radius 1 is 1.32 bits per heavy atom. The molecule has 1 atom stereocenters. The molecule has 0 saturated carbocycles. The number of furan rings is 1. The van der Waals surface area contributed by atoms with E-state index in [1.165, 1.54) is 10.0 Å². The van der Waals surface area contributed by atoms with Gasteiger partial charge in [0.25, 0.3) is 0 Å². The smallest absolute Gasteiger partial charge is 0.405 e. The third kappa shape index (κ3) is 2.35. The zero-order valence-corrected chi connectivity index (χ0v) is 12.5. The Balaban J connectivity index is 1.92. The zero-order chi connectivity index (χ0) is 16.1. The second-order valence-corrected chi connectivity index (χ2v) is 5.39. The number of fused-ring (bicyclic) bond motifs is 1. The standard InChI is InChI=1S/C15H16F3N3O/c1-9-8-13(12-5-7-22-10(12)2)19-14-4-6-20(21(9)14)11(3)15(16,17)18/h4-5,7-8,11H,6H2,1-3H3/t11-/m1/s1. The van der Waals surface area contributed by atoms with E-state index in [-0.39, 0.29) is 6.54 Å². The monoisotopic (exact) mass is 311 g/mol. The van der Waals surface area contributed by atoms with Crippen LogP contribution in [-0.2, 0) is 0 Å². The Labute approximate surface area is 126 Å². The van der Waals surface area contributed by atoms with Crippen LogP contribution < -0.4 is 0 Å². The predicted octanol–water partition coefficient (Wildman–Crippen LogP) is 3.62. The van der Waals surface area contributed by atoms with Crippen LogP contribution in [0.1, 0.15) is 25.2 Å². The molecule has 3 heterocycles. The number of hydrogen-bond acceptors (Lipinski definition) is 4. The number of alkyl halides is 3. The van der Waals surface area contributed by atoms with Gasteiger partial charge >= 0.3 is 6.18 Å². The summed E-state index contributed by atoms with van der Waals surface area (Å²) in [4.78, 5) is 4.47. The lowest BCUT2D eigenvalue weighted by Crippen LogP contribution is -2.49. The van der Waals surface area contributed by atoms with E-state index in [1.54, 1.807) is 31.4 Å². The molecule has 2 aliphatic rings. The third-order valence-corrected chi connectivity index (χ3v) is 3.91. The number of hydrogen-bond donors (Lipinski definition) is 0. The van der Waals surface area contributed by atoms with Crippen LogP contribution in [0.2, 0.25) is 0 Å². The van der Waals surface area contributed by atoms with E-state index in [4.69, 9.17) is 4.42 Å². The van der Waals surface area contributed by atoms with Crippen molar-refractivity contribution in [3.05, 3.63) is 47.3 Å². The van der Waals surface area contributed by atoms with Gasteiger partial charge in [0, 0.05) is 17.8 Å². The van der Waals surface area contributed by atoms with Crippen LogP contribution in [0.4, 0.5) is 13.2 Å². The molecule has 118 valence electrons. The molecule has 0 fully saturated rings. The first kappa shape index (κ1) is 14.9. The number of allylic oxidation sites excluding steroid dienone is 2. The second kappa shape index (κ2) is 5.01. The first-order chi connectivity index (χ1) is 10.3. The summed E-state index contributed by atoms with van der Waals surface area (Å²) in [5.41, 5.74) is 2.25. The summed E-state index contributed by atoms with van der Waals surface area (Å²) in [6.07, 6.45) is 0.767. The summed E-state index contributed by atoms with van der Waals surface area (Å²) in [7, 11) is 0. The average molecular weight is 311 g/mol. The van der Waals surface area contributed by atoms with Crippen LogP contribution in [0.25, 0.3) is 0 Å². The van der Waals surface area contributed by atoms with Crippen LogP contribution in [-0.4, -0.2) is 34.5 Å². The van der Waals surface area contributed by atoms with Gasteiger partial charge in [0.2, 0.25) is 0 Å². The zero-order valence-electron chi connectivity index (χ0n) is 12.5. The Morgan fingerprint density at radius 2 is 2.05 bits per heavy atom. The molecule has 0 aliphatic carbocycles. The minimum absolute atomic E-state index is 0.183. The van der Waals surface area contributed by atoms with Crippen LogP contribution in [0.5, 0.6) is 0 Å². The lowest BCUT2D eigenvalue weighted by atomic mass is 10.1. The van der Waals surface area contributed by atoms with Gasteiger partial charge in [0.1, 0.15) is 17.6 Å². The molecule has 0 N–H and O–H groups in total. The topological polar surface area (TPSA) is 32.0 Å². The van der Waals surface area contributed by atoms with Crippen molar-refractivity contribution in [2.24, 2.45) is 4.99 Å². The summed E-state index contributed by atoms with van der Waals surface area (Å²) >= 11 is 0. The highest BCUT2D eigenvalue weighted by Gasteiger charge is 2.45. The first-order valence-electron chi connectivity index (χ1n) is 6.94. The summed E-state index contributed by atoms with van der Waals surface area (Å²) in [6, 6.07) is 0.233. The maximum Gasteiger partial charge on any atom is 0.405 e. The summed E-state index contributed by atoms with van der Waals surface area (Å²) in [5, 5.41) is 2.79. The van der Waals surface area contributed by atoms with Crippen molar-refractivity contribution >= 4 is 5.71 Å². The minimum Gasteiger partial charge on any atom is -0.469 e. The van der Waals surface area contributed by atoms with E-state index in [0.29, 0.717) is 17.2 Å². The fourth-order valence-corrected chi connectivity index (χ4v) is 2.65. The number of aryl methyl sites for hydroxylation is 1. The van der Waals surface area contributed by atoms with Crippen LogP contribution in [0.3, 0.4) is 0 Å². The molecule has 0 unspecified atom stereocenters. The number of halogens is 3. The largest absolute Gasteiger partial charge is 0.469 e. The molecule has 1 aromatic rings. The highest BCUT2D eigenvalue weighted by atomic mass is 19.4. The van der Waals surface area contributed by atoms with Crippen LogP contribution in [0.15, 0.2) is 45.4 Å². The van der Waals surface area contributed by atoms with Crippen LogP contribution in [0, 0.1) is 6.92 Å². The number of rotatable bonds is 2. The summed E-state index contributed by atoms with van der Waals surface area (Å²) in [5.74, 6) is 1.25. The fraction of sp³-hybridized carbons (Fsp3) is 0.400. The van der Waals surface area contributed by atoms with Crippen molar-refractivity contribution in [1.82, 2.24) is 10.0 Å². The molecule has 22 heavy (non-hydrogen) atoms. The fourth-order valence-electron chi connectivity index (χ4n) is 2.65. The van der Waals surface area contributed by atoms with Crippen molar-refractivity contribution < 1.29 is 17.6 Å². The van der Waals surface area contributed by atoms with Crippen molar-refractivity contribution in [2.45, 2.75) is 33.0 Å². The molecular weight excluding hydrogens is 295 g/mol. The minimum atomic E-state index is -4.28. The van der Waals surface area contributed by atoms with Gasteiger partial charge < -0.3 is 4.42 Å². The quantitative estimate of drug-likeness (QED) is 0.836. The van der Waals surface area contributed by atoms with Gasteiger partial charge in [-0.2, -0.15) is 18.2 Å². The number of nitrogens with zero attached hydrogens (tertiary/aromatic N) is 3. The molecule has 4 nitrogen and oxygen atoms in total. The Bertz CT molecular complexity index is 684. The highest BCUT2D eigenvalue weighted by molar-refractivity contribution is 6.10. The van der Waals surface area contributed by atoms with Gasteiger partial charge in [-0.1, -0.05) is 0 Å². The Hall–Kier alpha value is -2.02. The van der Waals surface area contributed by atoms with Crippen molar-refractivity contribution in [2.75, 3.05) is 6.54 Å². The molecule has 0 spiro atoms. The normalized spacial score (nSPS) is 20.5. The maximum atomic E-state index is 13.0. The lowest BCUT2D eigenvalue weighted by molar-refractivity contribution is -0.201. The van der Waals surface area contributed by atoms with E-state index in [2.05, 4.69) is 4.99 Å². The number of hydrazine groups is 1. The molecule has 0 aromatic carbocycles. The lowest BCUT2D eigenvalue weighted by Gasteiger charge is -2.37. The SMILES string of the molecule is CC1=CC(c2ccoc2C)=NC2=CCN([C@H](C)C(F)(F)F)N12. The summed E-state index contributed by atoms with van der Waals surface area (Å²) in [6.45, 7) is 4.94. The van der Waals surface area contributed by atoms with Gasteiger partial charge in [0.05, 0.1) is 12.0 Å². The third-order valence-electron chi connectivity index (χ3n) is 3.91. The van der Waals surface area contributed by atoms with Gasteiger partial charge in [-0.25, -0.2) is 4.99 Å². The van der Waals surface area contributed by atoms with Crippen molar-refractivity contribution in [3.63, 3.8) is 0 Å². The molecule has 0 bridgehead atoms. The van der Waals surface area contributed by atoms with Crippen LogP contribution >= 0.6 is 0 Å². The van der Waals surface area contributed by atoms with Crippen molar-refractivity contribution in [3.8, 4) is 0 Å². The van der Waals surface area contributed by atoms with E-state index in [9.17, 15) is 13.2 Å². The van der Waals surface area contributed by atoms with Gasteiger partial charge in [-0.3, -0.25) is 5.01 Å². The van der Waals surface area contributed by atoms with E-state index < -0.39 is 12.2 Å². The molecule has 0 saturated heterocycles. The Kier molecular flexibility index (Phi) is 3.40. The van der Waals surface area contributed by atoms with Gasteiger partial charge in [0.15, 0.2) is 0 Å². The average Bonchev–Trinajstić information content (AvgIpc) is 3.02.